The molecular formula is C13H16BrF2N. The molecule has 1 fully saturated rings. The van der Waals surface area contributed by atoms with Crippen molar-refractivity contribution in [2.45, 2.75) is 38.1 Å². The smallest absolute Gasteiger partial charge is 0.145 e. The summed E-state index contributed by atoms with van der Waals surface area (Å²) < 4.78 is 28.3. The van der Waals surface area contributed by atoms with Crippen LogP contribution in [0.4, 0.5) is 8.78 Å². The summed E-state index contributed by atoms with van der Waals surface area (Å²) in [5.74, 6) is -1.00. The summed E-state index contributed by atoms with van der Waals surface area (Å²) in [5, 5.41) is 0. The van der Waals surface area contributed by atoms with E-state index in [-0.39, 0.29) is 16.0 Å². The molecule has 1 saturated carbocycles. The van der Waals surface area contributed by atoms with Crippen molar-refractivity contribution in [3.8, 4) is 0 Å². The molecule has 94 valence electrons. The highest BCUT2D eigenvalue weighted by atomic mass is 79.9. The quantitative estimate of drug-likeness (QED) is 0.777. The molecule has 0 aromatic heterocycles. The summed E-state index contributed by atoms with van der Waals surface area (Å²) in [4.78, 5) is 0. The monoisotopic (exact) mass is 303 g/mol. The van der Waals surface area contributed by atoms with Crippen LogP contribution in [0.1, 0.15) is 38.2 Å². The molecule has 1 aromatic rings. The Balaban J connectivity index is 2.55. The maximum absolute atomic E-state index is 14.1. The fourth-order valence-corrected chi connectivity index (χ4v) is 3.03. The first-order valence-corrected chi connectivity index (χ1v) is 6.69. The van der Waals surface area contributed by atoms with Crippen LogP contribution in [0.2, 0.25) is 0 Å². The van der Waals surface area contributed by atoms with E-state index in [0.717, 1.165) is 19.3 Å². The molecular weight excluding hydrogens is 288 g/mol. The van der Waals surface area contributed by atoms with Crippen molar-refractivity contribution in [1.82, 2.24) is 0 Å². The van der Waals surface area contributed by atoms with Gasteiger partial charge >= 0.3 is 0 Å². The zero-order chi connectivity index (χ0) is 12.6. The fraction of sp³-hybridized carbons (Fsp3) is 0.538. The second-order valence-corrected chi connectivity index (χ2v) is 5.76. The Labute approximate surface area is 109 Å². The predicted octanol–water partition coefficient (Wildman–Crippen LogP) is 4.09. The van der Waals surface area contributed by atoms with Crippen molar-refractivity contribution < 1.29 is 8.78 Å². The molecule has 2 N–H and O–H groups in total. The number of rotatable bonds is 1. The third-order valence-corrected chi connectivity index (χ3v) is 4.48. The molecule has 0 saturated heterocycles. The molecule has 1 aliphatic carbocycles. The highest BCUT2D eigenvalue weighted by Crippen LogP contribution is 2.42. The van der Waals surface area contributed by atoms with Crippen LogP contribution in [0.25, 0.3) is 0 Å². The van der Waals surface area contributed by atoms with E-state index >= 15 is 0 Å². The zero-order valence-electron chi connectivity index (χ0n) is 9.77. The molecule has 0 aliphatic heterocycles. The molecule has 2 unspecified atom stereocenters. The number of benzene rings is 1. The minimum Gasteiger partial charge on any atom is -0.321 e. The van der Waals surface area contributed by atoms with Crippen LogP contribution >= 0.6 is 15.9 Å². The summed E-state index contributed by atoms with van der Waals surface area (Å²) >= 11 is 3.09. The van der Waals surface area contributed by atoms with Crippen LogP contribution in [0.15, 0.2) is 16.6 Å². The van der Waals surface area contributed by atoms with Gasteiger partial charge in [-0.2, -0.15) is 0 Å². The maximum Gasteiger partial charge on any atom is 0.145 e. The Morgan fingerprint density at radius 3 is 2.71 bits per heavy atom. The average Bonchev–Trinajstić information content (AvgIpc) is 2.28. The molecule has 2 atom stereocenters. The van der Waals surface area contributed by atoms with Gasteiger partial charge in [0.1, 0.15) is 11.6 Å². The first-order chi connectivity index (χ1) is 7.97. The first kappa shape index (κ1) is 13.0. The average molecular weight is 304 g/mol. The normalized spacial score (nSPS) is 29.4. The molecule has 0 spiro atoms. The van der Waals surface area contributed by atoms with E-state index in [2.05, 4.69) is 15.9 Å². The summed E-state index contributed by atoms with van der Waals surface area (Å²) in [7, 11) is 0. The van der Waals surface area contributed by atoms with Gasteiger partial charge in [-0.25, -0.2) is 8.78 Å². The van der Waals surface area contributed by atoms with Crippen molar-refractivity contribution in [2.75, 3.05) is 0 Å². The number of nitrogens with two attached hydrogens (primary N) is 1. The molecule has 17 heavy (non-hydrogen) atoms. The van der Waals surface area contributed by atoms with Gasteiger partial charge in [-0.1, -0.05) is 19.8 Å². The van der Waals surface area contributed by atoms with Crippen molar-refractivity contribution in [2.24, 2.45) is 11.7 Å². The Hall–Kier alpha value is -0.480. The lowest BCUT2D eigenvalue weighted by atomic mass is 9.70. The second-order valence-electron chi connectivity index (χ2n) is 4.91. The van der Waals surface area contributed by atoms with Crippen LogP contribution in [0.3, 0.4) is 0 Å². The number of hydrogen-bond acceptors (Lipinski definition) is 1. The van der Waals surface area contributed by atoms with Crippen LogP contribution in [0.5, 0.6) is 0 Å². The Morgan fingerprint density at radius 1 is 1.35 bits per heavy atom. The van der Waals surface area contributed by atoms with E-state index in [1.165, 1.54) is 12.1 Å². The highest BCUT2D eigenvalue weighted by molar-refractivity contribution is 9.10. The Kier molecular flexibility index (Phi) is 3.55. The zero-order valence-corrected chi connectivity index (χ0v) is 11.4. The molecule has 0 amide bonds. The highest BCUT2D eigenvalue weighted by Gasteiger charge is 2.40. The fourth-order valence-electron chi connectivity index (χ4n) is 2.70. The van der Waals surface area contributed by atoms with E-state index in [1.807, 2.05) is 6.92 Å². The lowest BCUT2D eigenvalue weighted by Gasteiger charge is -2.40. The van der Waals surface area contributed by atoms with Gasteiger partial charge in [0, 0.05) is 11.1 Å². The lowest BCUT2D eigenvalue weighted by molar-refractivity contribution is 0.194. The molecule has 1 aromatic carbocycles. The Morgan fingerprint density at radius 2 is 2.06 bits per heavy atom. The second kappa shape index (κ2) is 4.65. The molecule has 0 bridgehead atoms. The van der Waals surface area contributed by atoms with Gasteiger partial charge in [0.15, 0.2) is 0 Å². The SMILES string of the molecule is CC1CCCCC1(N)c1c(F)ccc(Br)c1F. The minimum absolute atomic E-state index is 0.0408. The van der Waals surface area contributed by atoms with Crippen molar-refractivity contribution in [3.63, 3.8) is 0 Å². The van der Waals surface area contributed by atoms with E-state index in [1.54, 1.807) is 0 Å². The van der Waals surface area contributed by atoms with Crippen LogP contribution in [-0.2, 0) is 5.54 Å². The van der Waals surface area contributed by atoms with E-state index in [0.29, 0.717) is 6.42 Å². The molecule has 4 heteroatoms. The van der Waals surface area contributed by atoms with Gasteiger partial charge in [0.05, 0.1) is 4.47 Å². The van der Waals surface area contributed by atoms with Crippen LogP contribution < -0.4 is 5.73 Å². The number of halogens is 3. The molecule has 0 heterocycles. The summed E-state index contributed by atoms with van der Waals surface area (Å²) in [6.45, 7) is 1.97. The van der Waals surface area contributed by atoms with Crippen LogP contribution in [0, 0.1) is 17.6 Å². The van der Waals surface area contributed by atoms with Crippen molar-refractivity contribution in [3.05, 3.63) is 33.8 Å². The number of hydrogen-bond donors (Lipinski definition) is 1. The van der Waals surface area contributed by atoms with E-state index < -0.39 is 17.2 Å². The van der Waals surface area contributed by atoms with Crippen molar-refractivity contribution >= 4 is 15.9 Å². The molecule has 0 radical (unpaired) electrons. The first-order valence-electron chi connectivity index (χ1n) is 5.89. The van der Waals surface area contributed by atoms with Gasteiger partial charge in [-0.3, -0.25) is 0 Å². The predicted molar refractivity (Wildman–Crippen MR) is 67.6 cm³/mol. The van der Waals surface area contributed by atoms with Gasteiger partial charge in [-0.05, 0) is 46.8 Å². The third kappa shape index (κ3) is 2.13. The van der Waals surface area contributed by atoms with E-state index in [4.69, 9.17) is 5.73 Å². The van der Waals surface area contributed by atoms with Gasteiger partial charge in [-0.15, -0.1) is 0 Å². The third-order valence-electron chi connectivity index (χ3n) is 3.87. The van der Waals surface area contributed by atoms with Gasteiger partial charge in [0.2, 0.25) is 0 Å². The topological polar surface area (TPSA) is 26.0 Å². The van der Waals surface area contributed by atoms with Crippen LogP contribution in [-0.4, -0.2) is 0 Å². The maximum atomic E-state index is 14.1. The lowest BCUT2D eigenvalue weighted by Crippen LogP contribution is -2.46. The standard InChI is InChI=1S/C13H16BrF2N/c1-8-4-2-3-7-13(8,17)11-10(15)6-5-9(14)12(11)16/h5-6,8H,2-4,7,17H2,1H3. The summed E-state index contributed by atoms with van der Waals surface area (Å²) in [6, 6.07) is 2.66. The molecule has 1 nitrogen and oxygen atoms in total. The van der Waals surface area contributed by atoms with Gasteiger partial charge < -0.3 is 5.73 Å². The van der Waals surface area contributed by atoms with E-state index in [9.17, 15) is 8.78 Å². The molecule has 1 aliphatic rings. The molecule has 2 rings (SSSR count). The minimum atomic E-state index is -0.879. The summed E-state index contributed by atoms with van der Waals surface area (Å²) in [6.07, 6.45) is 3.56. The van der Waals surface area contributed by atoms with Crippen molar-refractivity contribution in [1.29, 1.82) is 0 Å². The summed E-state index contributed by atoms with van der Waals surface area (Å²) in [5.41, 5.74) is 5.46. The van der Waals surface area contributed by atoms with Gasteiger partial charge in [0.25, 0.3) is 0 Å². The largest absolute Gasteiger partial charge is 0.321 e. The Bertz CT molecular complexity index is 436.